The Balaban J connectivity index is 2.12. The molecule has 2 atom stereocenters. The predicted molar refractivity (Wildman–Crippen MR) is 120 cm³/mol. The van der Waals surface area contributed by atoms with E-state index in [0.29, 0.717) is 19.6 Å². The van der Waals surface area contributed by atoms with Gasteiger partial charge in [-0.05, 0) is 48.1 Å². The van der Waals surface area contributed by atoms with Crippen LogP contribution in [0.25, 0.3) is 0 Å². The molecule has 170 valence electrons. The zero-order valence-corrected chi connectivity index (χ0v) is 19.3. The summed E-state index contributed by atoms with van der Waals surface area (Å²) in [6, 6.07) is 4.71. The molecule has 1 saturated carbocycles. The Hall–Kier alpha value is -2.53. The number of amides is 1. The molecule has 0 saturated heterocycles. The summed E-state index contributed by atoms with van der Waals surface area (Å²) in [6.45, 7) is 9.60. The Labute approximate surface area is 188 Å². The Kier molecular flexibility index (Phi) is 7.77. The number of nitriles is 1. The molecule has 1 fully saturated rings. The van der Waals surface area contributed by atoms with E-state index in [0.717, 1.165) is 25.7 Å². The number of nitro benzene ring substituents is 1. The molecule has 2 rings (SSSR count). The Morgan fingerprint density at radius 3 is 2.71 bits per heavy atom. The normalized spacial score (nSPS) is 21.2. The number of nitrogens with one attached hydrogen (secondary N) is 1. The lowest BCUT2D eigenvalue weighted by Crippen LogP contribution is -2.42. The molecule has 9 heteroatoms. The summed E-state index contributed by atoms with van der Waals surface area (Å²) in [5, 5.41) is 33.3. The van der Waals surface area contributed by atoms with Crippen LogP contribution < -0.4 is 5.32 Å². The smallest absolute Gasteiger partial charge is 0.407 e. The second-order valence-corrected chi connectivity index (χ2v) is 10.5. The Morgan fingerprint density at radius 2 is 2.16 bits per heavy atom. The first-order valence-corrected chi connectivity index (χ1v) is 10.8. The van der Waals surface area contributed by atoms with Gasteiger partial charge in [-0.2, -0.15) is 5.26 Å². The molecule has 8 nitrogen and oxygen atoms in total. The third-order valence-electron chi connectivity index (χ3n) is 5.67. The molecule has 0 heterocycles. The van der Waals surface area contributed by atoms with Crippen LogP contribution in [0.15, 0.2) is 12.1 Å². The lowest BCUT2D eigenvalue weighted by Gasteiger charge is -2.40. The zero-order valence-electron chi connectivity index (χ0n) is 18.6. The fourth-order valence-corrected chi connectivity index (χ4v) is 4.71. The number of carbonyl (C=O) groups is 1. The number of rotatable bonds is 7. The summed E-state index contributed by atoms with van der Waals surface area (Å²) < 4.78 is 0. The molecule has 0 spiro atoms. The maximum Gasteiger partial charge on any atom is 0.407 e. The molecule has 1 aliphatic rings. The first-order valence-electron chi connectivity index (χ1n) is 10.4. The molecular formula is C22H31ClN4O4. The van der Waals surface area contributed by atoms with Crippen molar-refractivity contribution in [1.29, 1.82) is 5.26 Å². The first kappa shape index (κ1) is 24.7. The maximum atomic E-state index is 11.7. The molecule has 1 aromatic rings. The highest BCUT2D eigenvalue weighted by Crippen LogP contribution is 2.41. The lowest BCUT2D eigenvalue weighted by atomic mass is 9.70. The van der Waals surface area contributed by atoms with Gasteiger partial charge in [-0.3, -0.25) is 10.1 Å². The molecule has 2 N–H and O–H groups in total. The van der Waals surface area contributed by atoms with Gasteiger partial charge >= 0.3 is 11.8 Å². The highest BCUT2D eigenvalue weighted by molar-refractivity contribution is 6.33. The van der Waals surface area contributed by atoms with Crippen molar-refractivity contribution >= 4 is 29.1 Å². The van der Waals surface area contributed by atoms with Crippen LogP contribution >= 0.6 is 11.6 Å². The van der Waals surface area contributed by atoms with E-state index in [1.807, 2.05) is 26.8 Å². The summed E-state index contributed by atoms with van der Waals surface area (Å²) in [5.41, 5.74) is -0.0279. The van der Waals surface area contributed by atoms with E-state index < -0.39 is 11.0 Å². The second-order valence-electron chi connectivity index (χ2n) is 10.1. The number of carboxylic acid groups (broad SMARTS) is 1. The fourth-order valence-electron chi connectivity index (χ4n) is 4.42. The third-order valence-corrected chi connectivity index (χ3v) is 5.96. The van der Waals surface area contributed by atoms with Gasteiger partial charge in [0, 0.05) is 19.6 Å². The standard InChI is InChI=1S/C22H31ClN4O4/c1-21(2,3)14-26(20(28)29)12-15-6-5-7-22(4,10-15)13-25-18-9-16(11-24)8-17(23)19(18)27(30)31/h8-9,15,25H,5-7,10,12-14H2,1-4H3,(H,28,29). The quantitative estimate of drug-likeness (QED) is 0.402. The van der Waals surface area contributed by atoms with Gasteiger partial charge in [0.15, 0.2) is 0 Å². The minimum absolute atomic E-state index is 0.0718. The number of benzene rings is 1. The molecule has 1 aromatic carbocycles. The number of nitro groups is 1. The topological polar surface area (TPSA) is 120 Å². The van der Waals surface area contributed by atoms with Crippen LogP contribution in [0.1, 0.15) is 58.9 Å². The third kappa shape index (κ3) is 7.00. The first-order chi connectivity index (χ1) is 14.3. The van der Waals surface area contributed by atoms with Crippen LogP contribution in [-0.2, 0) is 0 Å². The monoisotopic (exact) mass is 450 g/mol. The van der Waals surface area contributed by atoms with Crippen LogP contribution in [0.2, 0.25) is 5.02 Å². The Morgan fingerprint density at radius 1 is 1.48 bits per heavy atom. The zero-order chi connectivity index (χ0) is 23.4. The fraction of sp³-hybridized carbons (Fsp3) is 0.636. The molecule has 0 radical (unpaired) electrons. The summed E-state index contributed by atoms with van der Waals surface area (Å²) in [5.74, 6) is 0.225. The molecule has 0 bridgehead atoms. The molecule has 1 amide bonds. The van der Waals surface area contributed by atoms with Crippen LogP contribution in [0.5, 0.6) is 0 Å². The SMILES string of the molecule is CC(C)(C)CN(CC1CCCC(C)(CNc2cc(C#N)cc(Cl)c2[N+](=O)[O-])C1)C(=O)O. The van der Waals surface area contributed by atoms with Gasteiger partial charge in [0.25, 0.3) is 0 Å². The van der Waals surface area contributed by atoms with Crippen LogP contribution in [0.4, 0.5) is 16.2 Å². The van der Waals surface area contributed by atoms with E-state index in [-0.39, 0.29) is 38.7 Å². The van der Waals surface area contributed by atoms with Crippen molar-refractivity contribution in [3.05, 3.63) is 32.8 Å². The summed E-state index contributed by atoms with van der Waals surface area (Å²) >= 11 is 6.03. The number of anilines is 1. The van der Waals surface area contributed by atoms with Gasteiger partial charge in [-0.15, -0.1) is 0 Å². The van der Waals surface area contributed by atoms with E-state index in [2.05, 4.69) is 12.2 Å². The van der Waals surface area contributed by atoms with Gasteiger partial charge in [0.05, 0.1) is 16.6 Å². The Bertz CT molecular complexity index is 877. The summed E-state index contributed by atoms with van der Waals surface area (Å²) in [6.07, 6.45) is 2.76. The largest absolute Gasteiger partial charge is 0.465 e. The minimum atomic E-state index is -0.904. The molecule has 0 aromatic heterocycles. The number of hydrogen-bond acceptors (Lipinski definition) is 5. The number of hydrogen-bond donors (Lipinski definition) is 2. The average molecular weight is 451 g/mol. The van der Waals surface area contributed by atoms with E-state index in [1.54, 1.807) is 0 Å². The average Bonchev–Trinajstić information content (AvgIpc) is 2.64. The summed E-state index contributed by atoms with van der Waals surface area (Å²) in [7, 11) is 0. The molecule has 0 aliphatic heterocycles. The highest BCUT2D eigenvalue weighted by Gasteiger charge is 2.35. The van der Waals surface area contributed by atoms with Gasteiger partial charge in [-0.25, -0.2) is 4.79 Å². The number of halogens is 1. The van der Waals surface area contributed by atoms with Gasteiger partial charge in [-0.1, -0.05) is 45.7 Å². The number of nitrogens with zero attached hydrogens (tertiary/aromatic N) is 3. The van der Waals surface area contributed by atoms with Crippen molar-refractivity contribution in [2.45, 2.75) is 53.4 Å². The van der Waals surface area contributed by atoms with Gasteiger partial charge < -0.3 is 15.3 Å². The van der Waals surface area contributed by atoms with Gasteiger partial charge in [0.2, 0.25) is 0 Å². The predicted octanol–water partition coefficient (Wildman–Crippen LogP) is 5.75. The van der Waals surface area contributed by atoms with Crippen LogP contribution in [0, 0.1) is 38.2 Å². The maximum absolute atomic E-state index is 11.7. The van der Waals surface area contributed by atoms with E-state index in [4.69, 9.17) is 16.9 Å². The molecule has 2 unspecified atom stereocenters. The summed E-state index contributed by atoms with van der Waals surface area (Å²) in [4.78, 5) is 24.1. The lowest BCUT2D eigenvalue weighted by molar-refractivity contribution is -0.383. The van der Waals surface area contributed by atoms with Crippen molar-refractivity contribution in [3.8, 4) is 6.07 Å². The molecular weight excluding hydrogens is 420 g/mol. The van der Waals surface area contributed by atoms with Crippen molar-refractivity contribution in [3.63, 3.8) is 0 Å². The minimum Gasteiger partial charge on any atom is -0.465 e. The van der Waals surface area contributed by atoms with Crippen LogP contribution in [0.3, 0.4) is 0 Å². The van der Waals surface area contributed by atoms with E-state index >= 15 is 0 Å². The van der Waals surface area contributed by atoms with Crippen molar-refractivity contribution in [2.75, 3.05) is 25.0 Å². The highest BCUT2D eigenvalue weighted by atomic mass is 35.5. The van der Waals surface area contributed by atoms with Gasteiger partial charge in [0.1, 0.15) is 10.7 Å². The molecule has 1 aliphatic carbocycles. The van der Waals surface area contributed by atoms with Crippen LogP contribution in [-0.4, -0.2) is 40.7 Å². The van der Waals surface area contributed by atoms with Crippen molar-refractivity contribution < 1.29 is 14.8 Å². The molecule has 31 heavy (non-hydrogen) atoms. The van der Waals surface area contributed by atoms with E-state index in [9.17, 15) is 20.0 Å². The second kappa shape index (κ2) is 9.73. The van der Waals surface area contributed by atoms with Crippen molar-refractivity contribution in [2.24, 2.45) is 16.7 Å². The van der Waals surface area contributed by atoms with E-state index in [1.165, 1.54) is 17.0 Å². The van der Waals surface area contributed by atoms with Crippen molar-refractivity contribution in [1.82, 2.24) is 4.90 Å².